The zero-order valence-corrected chi connectivity index (χ0v) is 16.3. The van der Waals surface area contributed by atoms with Gasteiger partial charge in [-0.25, -0.2) is 13.8 Å². The summed E-state index contributed by atoms with van der Waals surface area (Å²) < 4.78 is 28.4. The molecule has 0 aliphatic rings. The molecule has 30 heavy (non-hydrogen) atoms. The van der Waals surface area contributed by atoms with Crippen LogP contribution in [0.1, 0.15) is 0 Å². The minimum atomic E-state index is -0.539. The van der Waals surface area contributed by atoms with E-state index >= 15 is 0 Å². The molecule has 4 aromatic rings. The summed E-state index contributed by atoms with van der Waals surface area (Å²) in [4.78, 5) is 29.9. The zero-order chi connectivity index (χ0) is 21.1. The summed E-state index contributed by atoms with van der Waals surface area (Å²) in [6.45, 7) is 0. The van der Waals surface area contributed by atoms with Crippen molar-refractivity contribution in [2.75, 3.05) is 11.1 Å². The maximum atomic E-state index is 13.7. The highest BCUT2D eigenvalue weighted by molar-refractivity contribution is 7.99. The van der Waals surface area contributed by atoms with E-state index < -0.39 is 17.5 Å². The number of nitrogens with one attached hydrogen (secondary N) is 1. The molecule has 0 saturated carbocycles. The smallest absolute Gasteiger partial charge is 0.266 e. The fourth-order valence-electron chi connectivity index (χ4n) is 2.91. The molecular weight excluding hydrogens is 408 g/mol. The molecule has 0 fully saturated rings. The summed E-state index contributed by atoms with van der Waals surface area (Å²) in [7, 11) is 0. The first kappa shape index (κ1) is 19.8. The summed E-state index contributed by atoms with van der Waals surface area (Å²) in [5, 5.41) is 3.18. The standard InChI is InChI=1S/C22H15F2N3O2S/c23-14-9-11-15(12-10-14)27-21(29)16-5-1-3-7-18(16)26-22(27)30-13-20(28)25-19-8-4-2-6-17(19)24/h1-12H,13H2,(H,25,28). The van der Waals surface area contributed by atoms with E-state index in [1.54, 1.807) is 30.3 Å². The Morgan fingerprint density at radius 1 is 0.967 bits per heavy atom. The average Bonchev–Trinajstić information content (AvgIpc) is 2.75. The maximum absolute atomic E-state index is 13.7. The Balaban J connectivity index is 1.68. The fraction of sp³-hybridized carbons (Fsp3) is 0.0455. The molecule has 1 amide bonds. The number of carbonyl (C=O) groups excluding carboxylic acids is 1. The van der Waals surface area contributed by atoms with Crippen LogP contribution in [-0.4, -0.2) is 21.2 Å². The van der Waals surface area contributed by atoms with Crippen molar-refractivity contribution >= 4 is 34.3 Å². The average molecular weight is 423 g/mol. The van der Waals surface area contributed by atoms with Crippen molar-refractivity contribution < 1.29 is 13.6 Å². The van der Waals surface area contributed by atoms with Gasteiger partial charge in [-0.3, -0.25) is 14.2 Å². The topological polar surface area (TPSA) is 64.0 Å². The van der Waals surface area contributed by atoms with Gasteiger partial charge in [0.05, 0.1) is 28.0 Å². The van der Waals surface area contributed by atoms with Crippen molar-refractivity contribution in [1.82, 2.24) is 9.55 Å². The molecule has 150 valence electrons. The Kier molecular flexibility index (Phi) is 5.58. The third kappa shape index (κ3) is 4.08. The van der Waals surface area contributed by atoms with Crippen molar-refractivity contribution in [2.24, 2.45) is 0 Å². The second kappa shape index (κ2) is 8.46. The van der Waals surface area contributed by atoms with E-state index in [1.807, 2.05) is 0 Å². The van der Waals surface area contributed by atoms with E-state index in [0.717, 1.165) is 11.8 Å². The van der Waals surface area contributed by atoms with E-state index in [-0.39, 0.29) is 22.2 Å². The van der Waals surface area contributed by atoms with Gasteiger partial charge in [0, 0.05) is 0 Å². The molecule has 0 atom stereocenters. The van der Waals surface area contributed by atoms with Crippen molar-refractivity contribution in [3.63, 3.8) is 0 Å². The van der Waals surface area contributed by atoms with Crippen molar-refractivity contribution in [1.29, 1.82) is 0 Å². The zero-order valence-electron chi connectivity index (χ0n) is 15.5. The molecular formula is C22H15F2N3O2S. The number of hydrogen-bond acceptors (Lipinski definition) is 4. The SMILES string of the molecule is O=C(CSc1nc2ccccc2c(=O)n1-c1ccc(F)cc1)Nc1ccccc1F. The number of halogens is 2. The number of aromatic nitrogens is 2. The molecule has 3 aromatic carbocycles. The summed E-state index contributed by atoms with van der Waals surface area (Å²) in [6.07, 6.45) is 0. The predicted molar refractivity (Wildman–Crippen MR) is 113 cm³/mol. The van der Waals surface area contributed by atoms with Gasteiger partial charge in [0.1, 0.15) is 11.6 Å². The summed E-state index contributed by atoms with van der Waals surface area (Å²) in [6, 6.07) is 18.1. The lowest BCUT2D eigenvalue weighted by molar-refractivity contribution is -0.113. The molecule has 1 N–H and O–H groups in total. The van der Waals surface area contributed by atoms with Crippen LogP contribution in [0.15, 0.2) is 82.7 Å². The Morgan fingerprint density at radius 2 is 1.67 bits per heavy atom. The fourth-order valence-corrected chi connectivity index (χ4v) is 3.72. The van der Waals surface area contributed by atoms with Gasteiger partial charge in [-0.2, -0.15) is 0 Å². The Hall–Kier alpha value is -3.52. The second-order valence-corrected chi connectivity index (χ2v) is 7.29. The van der Waals surface area contributed by atoms with E-state index in [9.17, 15) is 18.4 Å². The van der Waals surface area contributed by atoms with Crippen LogP contribution in [0, 0.1) is 11.6 Å². The second-order valence-electron chi connectivity index (χ2n) is 6.35. The Morgan fingerprint density at radius 3 is 2.43 bits per heavy atom. The first-order valence-corrected chi connectivity index (χ1v) is 9.96. The number of nitrogens with zero attached hydrogens (tertiary/aromatic N) is 2. The third-order valence-corrected chi connectivity index (χ3v) is 5.25. The summed E-state index contributed by atoms with van der Waals surface area (Å²) >= 11 is 1.03. The van der Waals surface area contributed by atoms with Crippen molar-refractivity contribution in [3.8, 4) is 5.69 Å². The van der Waals surface area contributed by atoms with Gasteiger partial charge in [0.25, 0.3) is 5.56 Å². The Bertz CT molecular complexity index is 1290. The summed E-state index contributed by atoms with van der Waals surface area (Å²) in [5.74, 6) is -1.51. The number of fused-ring (bicyclic) bond motifs is 1. The lowest BCUT2D eigenvalue weighted by atomic mass is 10.2. The van der Waals surface area contributed by atoms with Crippen LogP contribution in [-0.2, 0) is 4.79 Å². The maximum Gasteiger partial charge on any atom is 0.266 e. The van der Waals surface area contributed by atoms with Crippen LogP contribution in [0.25, 0.3) is 16.6 Å². The molecule has 0 bridgehead atoms. The van der Waals surface area contributed by atoms with Gasteiger partial charge in [-0.1, -0.05) is 36.0 Å². The Labute approximate surface area is 174 Å². The van der Waals surface area contributed by atoms with E-state index in [4.69, 9.17) is 0 Å². The highest BCUT2D eigenvalue weighted by atomic mass is 32.2. The van der Waals surface area contributed by atoms with Gasteiger partial charge < -0.3 is 5.32 Å². The number of hydrogen-bond donors (Lipinski definition) is 1. The van der Waals surface area contributed by atoms with Gasteiger partial charge >= 0.3 is 0 Å². The molecule has 0 unspecified atom stereocenters. The van der Waals surface area contributed by atoms with Gasteiger partial charge in [0.15, 0.2) is 5.16 Å². The van der Waals surface area contributed by atoms with Gasteiger partial charge in [0.2, 0.25) is 5.91 Å². The molecule has 1 heterocycles. The van der Waals surface area contributed by atoms with Crippen LogP contribution < -0.4 is 10.9 Å². The number of para-hydroxylation sites is 2. The molecule has 1 aromatic heterocycles. The lowest BCUT2D eigenvalue weighted by Gasteiger charge is -2.13. The number of thioether (sulfide) groups is 1. The number of carbonyl (C=O) groups is 1. The van der Waals surface area contributed by atoms with E-state index in [2.05, 4.69) is 10.3 Å². The molecule has 0 saturated heterocycles. The van der Waals surface area contributed by atoms with Crippen LogP contribution in [0.4, 0.5) is 14.5 Å². The largest absolute Gasteiger partial charge is 0.323 e. The quantitative estimate of drug-likeness (QED) is 0.382. The van der Waals surface area contributed by atoms with Crippen LogP contribution in [0.3, 0.4) is 0 Å². The van der Waals surface area contributed by atoms with Crippen molar-refractivity contribution in [3.05, 3.63) is 94.8 Å². The highest BCUT2D eigenvalue weighted by Crippen LogP contribution is 2.22. The number of rotatable bonds is 5. The van der Waals surface area contributed by atoms with Crippen LogP contribution in [0.2, 0.25) is 0 Å². The third-order valence-electron chi connectivity index (χ3n) is 4.31. The lowest BCUT2D eigenvalue weighted by Crippen LogP contribution is -2.23. The van der Waals surface area contributed by atoms with Crippen molar-refractivity contribution in [2.45, 2.75) is 5.16 Å². The van der Waals surface area contributed by atoms with Gasteiger partial charge in [-0.15, -0.1) is 0 Å². The van der Waals surface area contributed by atoms with Gasteiger partial charge in [-0.05, 0) is 48.5 Å². The molecule has 0 aliphatic heterocycles. The van der Waals surface area contributed by atoms with E-state index in [0.29, 0.717) is 16.6 Å². The number of anilines is 1. The molecule has 5 nitrogen and oxygen atoms in total. The predicted octanol–water partition coefficient (Wildman–Crippen LogP) is 4.39. The molecule has 0 aliphatic carbocycles. The van der Waals surface area contributed by atoms with Crippen LogP contribution >= 0.6 is 11.8 Å². The summed E-state index contributed by atoms with van der Waals surface area (Å²) in [5.41, 5.74) is 0.657. The molecule has 0 radical (unpaired) electrons. The highest BCUT2D eigenvalue weighted by Gasteiger charge is 2.15. The first-order valence-electron chi connectivity index (χ1n) is 8.98. The number of benzene rings is 3. The monoisotopic (exact) mass is 423 g/mol. The van der Waals surface area contributed by atoms with E-state index in [1.165, 1.54) is 47.0 Å². The normalized spacial score (nSPS) is 10.9. The van der Waals surface area contributed by atoms with Crippen LogP contribution in [0.5, 0.6) is 0 Å². The molecule has 4 rings (SSSR count). The first-order chi connectivity index (χ1) is 14.5. The molecule has 0 spiro atoms. The minimum absolute atomic E-state index is 0.0745. The minimum Gasteiger partial charge on any atom is -0.323 e. The molecule has 8 heteroatoms. The number of amides is 1.